The van der Waals surface area contributed by atoms with Crippen molar-refractivity contribution in [3.8, 4) is 17.4 Å². The van der Waals surface area contributed by atoms with E-state index in [9.17, 15) is 9.59 Å². The largest absolute Gasteiger partial charge is 0.493 e. The summed E-state index contributed by atoms with van der Waals surface area (Å²) >= 11 is 0. The maximum Gasteiger partial charge on any atom is 0.243 e. The lowest BCUT2D eigenvalue weighted by molar-refractivity contribution is -0.125. The number of methoxy groups -OCH3 is 1. The van der Waals surface area contributed by atoms with Crippen LogP contribution >= 0.6 is 0 Å². The number of amides is 2. The van der Waals surface area contributed by atoms with Crippen LogP contribution in [0, 0.1) is 0 Å². The molecule has 2 aliphatic rings. The Kier molecular flexibility index (Phi) is 7.04. The van der Waals surface area contributed by atoms with Gasteiger partial charge in [-0.1, -0.05) is 23.8 Å². The molecule has 1 N–H and O–H groups in total. The van der Waals surface area contributed by atoms with Crippen molar-refractivity contribution in [2.24, 2.45) is 0 Å². The van der Waals surface area contributed by atoms with Gasteiger partial charge in [0.05, 0.1) is 13.7 Å². The molecule has 0 fully saturated rings. The standard InChI is InChI=1S/C25H29N3O4/c1-31-21-11-5-9-19-17-28(20-10-6-15-27-25(20)32-24(19)21)23(30)13-12-22(29)26-16-14-18-7-3-2-4-8-18/h5-7,9-11,15H,2-4,8,12-14,16-17H2,1H3,(H,26,29). The van der Waals surface area contributed by atoms with Crippen LogP contribution in [-0.2, 0) is 16.1 Å². The Morgan fingerprint density at radius 2 is 2.09 bits per heavy atom. The van der Waals surface area contributed by atoms with Gasteiger partial charge in [-0.2, -0.15) is 0 Å². The molecule has 0 bridgehead atoms. The SMILES string of the molecule is COc1cccc2c1Oc1ncccc1N(C(=O)CCC(=O)NCCC1=CCCCC1)C2. The van der Waals surface area contributed by atoms with Crippen molar-refractivity contribution < 1.29 is 19.1 Å². The fourth-order valence-electron chi connectivity index (χ4n) is 4.14. The number of benzene rings is 1. The van der Waals surface area contributed by atoms with Gasteiger partial charge >= 0.3 is 0 Å². The van der Waals surface area contributed by atoms with Crippen LogP contribution in [0.2, 0.25) is 0 Å². The second kappa shape index (κ2) is 10.3. The van der Waals surface area contributed by atoms with E-state index in [0.717, 1.165) is 24.8 Å². The summed E-state index contributed by atoms with van der Waals surface area (Å²) in [5.74, 6) is 1.23. The zero-order valence-electron chi connectivity index (χ0n) is 18.4. The molecule has 7 heteroatoms. The maximum atomic E-state index is 13.1. The number of aromatic nitrogens is 1. The highest BCUT2D eigenvalue weighted by Gasteiger charge is 2.28. The van der Waals surface area contributed by atoms with Crippen LogP contribution in [0.1, 0.15) is 50.5 Å². The summed E-state index contributed by atoms with van der Waals surface area (Å²) in [6.45, 7) is 0.941. The van der Waals surface area contributed by atoms with Crippen LogP contribution in [-0.4, -0.2) is 30.5 Å². The van der Waals surface area contributed by atoms with Crippen molar-refractivity contribution in [2.45, 2.75) is 51.5 Å². The monoisotopic (exact) mass is 435 g/mol. The predicted octanol–water partition coefficient (Wildman–Crippen LogP) is 4.52. The number of hydrogen-bond acceptors (Lipinski definition) is 5. The van der Waals surface area contributed by atoms with Gasteiger partial charge in [0.15, 0.2) is 11.5 Å². The third kappa shape index (κ3) is 5.10. The summed E-state index contributed by atoms with van der Waals surface area (Å²) in [6.07, 6.45) is 9.83. The first-order chi connectivity index (χ1) is 15.7. The third-order valence-corrected chi connectivity index (χ3v) is 5.87. The van der Waals surface area contributed by atoms with E-state index in [4.69, 9.17) is 9.47 Å². The number of allylic oxidation sites excluding steroid dienone is 1. The van der Waals surface area contributed by atoms with Crippen LogP contribution in [0.4, 0.5) is 5.69 Å². The first kappa shape index (κ1) is 21.9. The topological polar surface area (TPSA) is 80.8 Å². The van der Waals surface area contributed by atoms with Gasteiger partial charge in [-0.3, -0.25) is 9.59 Å². The van der Waals surface area contributed by atoms with Crippen molar-refractivity contribution in [3.05, 3.63) is 53.7 Å². The molecule has 0 radical (unpaired) electrons. The number of carbonyl (C=O) groups is 2. The molecule has 0 saturated heterocycles. The smallest absolute Gasteiger partial charge is 0.243 e. The molecule has 0 saturated carbocycles. The Bertz CT molecular complexity index is 1020. The number of hydrogen-bond donors (Lipinski definition) is 1. The second-order valence-electron chi connectivity index (χ2n) is 8.07. The Hall–Kier alpha value is -3.35. The number of anilines is 1. The fourth-order valence-corrected chi connectivity index (χ4v) is 4.14. The summed E-state index contributed by atoms with van der Waals surface area (Å²) in [5.41, 5.74) is 2.83. The first-order valence-electron chi connectivity index (χ1n) is 11.2. The summed E-state index contributed by atoms with van der Waals surface area (Å²) < 4.78 is 11.5. The minimum atomic E-state index is -0.149. The van der Waals surface area contributed by atoms with E-state index in [1.165, 1.54) is 18.4 Å². The summed E-state index contributed by atoms with van der Waals surface area (Å²) in [7, 11) is 1.58. The zero-order valence-corrected chi connectivity index (χ0v) is 18.4. The minimum absolute atomic E-state index is 0.102. The second-order valence-corrected chi connectivity index (χ2v) is 8.07. The number of carbonyl (C=O) groups excluding carboxylic acids is 2. The Morgan fingerprint density at radius 3 is 2.91 bits per heavy atom. The van der Waals surface area contributed by atoms with Crippen LogP contribution in [0.5, 0.6) is 17.4 Å². The molecule has 2 heterocycles. The number of rotatable bonds is 7. The van der Waals surface area contributed by atoms with E-state index in [1.54, 1.807) is 30.3 Å². The maximum absolute atomic E-state index is 13.1. The van der Waals surface area contributed by atoms with Crippen LogP contribution in [0.3, 0.4) is 0 Å². The molecule has 0 unspecified atom stereocenters. The quantitative estimate of drug-likeness (QED) is 0.647. The number of fused-ring (bicyclic) bond motifs is 2. The molecule has 1 aliphatic carbocycles. The van der Waals surface area contributed by atoms with E-state index in [2.05, 4.69) is 16.4 Å². The van der Waals surface area contributed by atoms with Gasteiger partial charge in [0.1, 0.15) is 5.69 Å². The molecule has 4 rings (SSSR count). The molecule has 0 spiro atoms. The summed E-state index contributed by atoms with van der Waals surface area (Å²) in [4.78, 5) is 31.4. The minimum Gasteiger partial charge on any atom is -0.493 e. The van der Waals surface area contributed by atoms with E-state index in [-0.39, 0.29) is 24.7 Å². The first-order valence-corrected chi connectivity index (χ1v) is 11.2. The third-order valence-electron chi connectivity index (χ3n) is 5.87. The van der Waals surface area contributed by atoms with Crippen LogP contribution in [0.15, 0.2) is 48.2 Å². The molecular weight excluding hydrogens is 406 g/mol. The van der Waals surface area contributed by atoms with E-state index < -0.39 is 0 Å². The molecule has 1 aliphatic heterocycles. The lowest BCUT2D eigenvalue weighted by Gasteiger charge is -2.21. The van der Waals surface area contributed by atoms with Gasteiger partial charge in [-0.25, -0.2) is 4.98 Å². The van der Waals surface area contributed by atoms with Crippen molar-refractivity contribution in [2.75, 3.05) is 18.6 Å². The van der Waals surface area contributed by atoms with E-state index in [0.29, 0.717) is 36.2 Å². The highest BCUT2D eigenvalue weighted by Crippen LogP contribution is 2.42. The molecule has 168 valence electrons. The van der Waals surface area contributed by atoms with Gasteiger partial charge in [-0.05, 0) is 50.3 Å². The lowest BCUT2D eigenvalue weighted by Crippen LogP contribution is -2.32. The van der Waals surface area contributed by atoms with Crippen molar-refractivity contribution in [1.82, 2.24) is 10.3 Å². The molecule has 32 heavy (non-hydrogen) atoms. The van der Waals surface area contributed by atoms with Crippen molar-refractivity contribution in [3.63, 3.8) is 0 Å². The highest BCUT2D eigenvalue weighted by molar-refractivity contribution is 5.96. The number of pyridine rings is 1. The highest BCUT2D eigenvalue weighted by atomic mass is 16.5. The van der Waals surface area contributed by atoms with Crippen molar-refractivity contribution >= 4 is 17.5 Å². The molecule has 7 nitrogen and oxygen atoms in total. The molecule has 2 aromatic rings. The average Bonchev–Trinajstić information content (AvgIpc) is 3.00. The Balaban J connectivity index is 1.40. The van der Waals surface area contributed by atoms with Crippen LogP contribution < -0.4 is 19.7 Å². The lowest BCUT2D eigenvalue weighted by atomic mass is 9.97. The van der Waals surface area contributed by atoms with Gasteiger partial charge < -0.3 is 19.7 Å². The van der Waals surface area contributed by atoms with Gasteiger partial charge in [0.25, 0.3) is 0 Å². The molecule has 2 amide bonds. The predicted molar refractivity (Wildman–Crippen MR) is 122 cm³/mol. The van der Waals surface area contributed by atoms with Gasteiger partial charge in [-0.15, -0.1) is 0 Å². The van der Waals surface area contributed by atoms with E-state index >= 15 is 0 Å². The van der Waals surface area contributed by atoms with E-state index in [1.807, 2.05) is 18.2 Å². The van der Waals surface area contributed by atoms with Gasteiger partial charge in [0, 0.05) is 31.1 Å². The Labute approximate surface area is 188 Å². The van der Waals surface area contributed by atoms with Gasteiger partial charge in [0.2, 0.25) is 17.7 Å². The number of para-hydroxylation sites is 1. The average molecular weight is 436 g/mol. The summed E-state index contributed by atoms with van der Waals surface area (Å²) in [6, 6.07) is 9.14. The van der Waals surface area contributed by atoms with Crippen LogP contribution in [0.25, 0.3) is 0 Å². The molecule has 1 aromatic heterocycles. The molecular formula is C25H29N3O4. The number of ether oxygens (including phenoxy) is 2. The van der Waals surface area contributed by atoms with Crippen molar-refractivity contribution in [1.29, 1.82) is 0 Å². The fraction of sp³-hybridized carbons (Fsp3) is 0.400. The summed E-state index contributed by atoms with van der Waals surface area (Å²) in [5, 5.41) is 2.95. The molecule has 0 atom stereocenters. The zero-order chi connectivity index (χ0) is 22.3. The number of nitrogens with one attached hydrogen (secondary N) is 1. The normalized spacial score (nSPS) is 14.9. The molecule has 1 aromatic carbocycles. The number of nitrogens with zero attached hydrogens (tertiary/aromatic N) is 2. The Morgan fingerprint density at radius 1 is 1.19 bits per heavy atom.